The van der Waals surface area contributed by atoms with Crippen molar-refractivity contribution in [2.24, 2.45) is 0 Å². The second-order valence-electron chi connectivity index (χ2n) is 7.77. The van der Waals surface area contributed by atoms with Crippen molar-refractivity contribution < 1.29 is 57.2 Å². The van der Waals surface area contributed by atoms with E-state index in [-0.39, 0.29) is 0 Å². The Kier molecular flexibility index (Phi) is 10.8. The summed E-state index contributed by atoms with van der Waals surface area (Å²) in [5.41, 5.74) is 0. The first-order chi connectivity index (χ1) is 17.4. The summed E-state index contributed by atoms with van der Waals surface area (Å²) in [6.07, 6.45) is -6.91. The van der Waals surface area contributed by atoms with E-state index >= 15 is 0 Å². The minimum atomic E-state index is -1.56. The van der Waals surface area contributed by atoms with E-state index in [1.54, 1.807) is 24.3 Å². The van der Waals surface area contributed by atoms with Gasteiger partial charge in [0.1, 0.15) is 12.4 Å². The normalized spacial score (nSPS) is 17.1. The maximum absolute atomic E-state index is 12.7. The van der Waals surface area contributed by atoms with Crippen LogP contribution in [0.15, 0.2) is 28.7 Å². The van der Waals surface area contributed by atoms with Gasteiger partial charge in [0.15, 0.2) is 31.0 Å². The Morgan fingerprint density at radius 2 is 1.54 bits per heavy atom. The highest BCUT2D eigenvalue weighted by molar-refractivity contribution is 9.10. The topological polar surface area (TPSA) is 161 Å². The molecule has 0 N–H and O–H groups in total. The monoisotopic (exact) mass is 587 g/mol. The molecular weight excluding hydrogens is 562 g/mol. The Morgan fingerprint density at radius 1 is 0.946 bits per heavy atom. The summed E-state index contributed by atoms with van der Waals surface area (Å²) in [6.45, 7) is 2.80. The number of hydrogen-bond acceptors (Lipinski definition) is 12. The van der Waals surface area contributed by atoms with Crippen molar-refractivity contribution >= 4 is 51.8 Å². The van der Waals surface area contributed by atoms with E-state index in [1.165, 1.54) is 0 Å². The smallest absolute Gasteiger partial charge is 0.417 e. The Bertz CT molecular complexity index is 1030. The standard InChI is InChI=1S/C23H26BrNO12/c1-12(26)32-10-19(34-13(2)27)22(36-15(4)29)21(35-14(3)28)18-9-25(23(31)37-18)20(30)11-33-17-7-5-16(24)6-8-17/h5-8,18-19,21-22H,9-11H2,1-4H3/t18-,19+,21+,22+/m1/s1. The highest BCUT2D eigenvalue weighted by atomic mass is 79.9. The molecule has 0 aromatic heterocycles. The number of hydrogen-bond donors (Lipinski definition) is 0. The number of ether oxygens (including phenoxy) is 6. The third-order valence-electron chi connectivity index (χ3n) is 4.74. The molecule has 202 valence electrons. The molecule has 1 fully saturated rings. The highest BCUT2D eigenvalue weighted by Gasteiger charge is 2.49. The average molecular weight is 588 g/mol. The summed E-state index contributed by atoms with van der Waals surface area (Å²) in [6, 6.07) is 6.63. The van der Waals surface area contributed by atoms with Gasteiger partial charge in [0.05, 0.1) is 6.54 Å². The first kappa shape index (κ1) is 29.5. The number of halogens is 1. The summed E-state index contributed by atoms with van der Waals surface area (Å²) in [7, 11) is 0. The molecule has 0 bridgehead atoms. The molecule has 1 aromatic rings. The molecule has 13 nitrogen and oxygen atoms in total. The third-order valence-corrected chi connectivity index (χ3v) is 5.27. The molecule has 0 radical (unpaired) electrons. The molecule has 1 saturated heterocycles. The molecule has 0 spiro atoms. The lowest BCUT2D eigenvalue weighted by atomic mass is 10.0. The van der Waals surface area contributed by atoms with Gasteiger partial charge < -0.3 is 28.4 Å². The van der Waals surface area contributed by atoms with Gasteiger partial charge in [-0.3, -0.25) is 24.0 Å². The van der Waals surface area contributed by atoms with E-state index in [9.17, 15) is 28.8 Å². The summed E-state index contributed by atoms with van der Waals surface area (Å²) in [5, 5.41) is 0. The van der Waals surface area contributed by atoms with E-state index in [0.29, 0.717) is 5.75 Å². The lowest BCUT2D eigenvalue weighted by molar-refractivity contribution is -0.196. The van der Waals surface area contributed by atoms with Gasteiger partial charge >= 0.3 is 30.0 Å². The largest absolute Gasteiger partial charge is 0.484 e. The van der Waals surface area contributed by atoms with Gasteiger partial charge in [0, 0.05) is 32.2 Å². The third kappa shape index (κ3) is 9.37. The number of carbonyl (C=O) groups excluding carboxylic acids is 6. The van der Waals surface area contributed by atoms with Crippen molar-refractivity contribution in [3.8, 4) is 5.75 Å². The maximum Gasteiger partial charge on any atom is 0.417 e. The van der Waals surface area contributed by atoms with Crippen molar-refractivity contribution in [1.29, 1.82) is 0 Å². The highest BCUT2D eigenvalue weighted by Crippen LogP contribution is 2.25. The van der Waals surface area contributed by atoms with Crippen molar-refractivity contribution in [1.82, 2.24) is 4.90 Å². The summed E-state index contributed by atoms with van der Waals surface area (Å²) in [5.74, 6) is -3.63. The van der Waals surface area contributed by atoms with Gasteiger partial charge in [-0.1, -0.05) is 15.9 Å². The second-order valence-corrected chi connectivity index (χ2v) is 8.68. The number of nitrogens with zero attached hydrogens (tertiary/aromatic N) is 1. The number of cyclic esters (lactones) is 1. The van der Waals surface area contributed by atoms with Crippen LogP contribution in [-0.2, 0) is 47.7 Å². The molecule has 4 atom stereocenters. The van der Waals surface area contributed by atoms with Gasteiger partial charge in [0.2, 0.25) is 0 Å². The fourth-order valence-corrected chi connectivity index (χ4v) is 3.58. The Balaban J connectivity index is 2.25. The molecule has 37 heavy (non-hydrogen) atoms. The van der Waals surface area contributed by atoms with Crippen LogP contribution in [0.2, 0.25) is 0 Å². The van der Waals surface area contributed by atoms with Crippen LogP contribution in [0.5, 0.6) is 5.75 Å². The second kappa shape index (κ2) is 13.6. The van der Waals surface area contributed by atoms with Crippen molar-refractivity contribution in [2.75, 3.05) is 19.8 Å². The molecule has 2 rings (SSSR count). The Labute approximate surface area is 220 Å². The quantitative estimate of drug-likeness (QED) is 0.271. The van der Waals surface area contributed by atoms with Crippen LogP contribution in [0.3, 0.4) is 0 Å². The molecule has 1 aliphatic rings. The SMILES string of the molecule is CC(=O)OC[C@H](OC(C)=O)[C@H](OC(C)=O)[C@@H](OC(C)=O)[C@H]1CN(C(=O)COc2ccc(Br)cc2)C(=O)O1. The molecule has 1 heterocycles. The number of carbonyl (C=O) groups is 6. The Morgan fingerprint density at radius 3 is 2.08 bits per heavy atom. The maximum atomic E-state index is 12.7. The van der Waals surface area contributed by atoms with Crippen LogP contribution in [0.4, 0.5) is 4.79 Å². The zero-order valence-electron chi connectivity index (χ0n) is 20.5. The molecule has 0 unspecified atom stereocenters. The first-order valence-electron chi connectivity index (χ1n) is 10.9. The van der Waals surface area contributed by atoms with Crippen LogP contribution in [0, 0.1) is 0 Å². The Hall–Kier alpha value is -3.68. The van der Waals surface area contributed by atoms with Crippen LogP contribution in [0.25, 0.3) is 0 Å². The van der Waals surface area contributed by atoms with Crippen molar-refractivity contribution in [3.63, 3.8) is 0 Å². The van der Waals surface area contributed by atoms with Crippen molar-refractivity contribution in [3.05, 3.63) is 28.7 Å². The predicted molar refractivity (Wildman–Crippen MR) is 125 cm³/mol. The molecule has 14 heteroatoms. The average Bonchev–Trinajstić information content (AvgIpc) is 3.19. The number of imide groups is 1. The fraction of sp³-hybridized carbons (Fsp3) is 0.478. The zero-order valence-corrected chi connectivity index (χ0v) is 22.1. The number of benzene rings is 1. The van der Waals surface area contributed by atoms with Crippen LogP contribution < -0.4 is 4.74 Å². The van der Waals surface area contributed by atoms with Gasteiger partial charge in [-0.05, 0) is 24.3 Å². The summed E-state index contributed by atoms with van der Waals surface area (Å²) >= 11 is 3.28. The predicted octanol–water partition coefficient (Wildman–Crippen LogP) is 1.53. The number of rotatable bonds is 11. The van der Waals surface area contributed by atoms with Gasteiger partial charge in [-0.25, -0.2) is 9.69 Å². The van der Waals surface area contributed by atoms with Gasteiger partial charge in [-0.15, -0.1) is 0 Å². The molecular formula is C23H26BrNO12. The lowest BCUT2D eigenvalue weighted by Crippen LogP contribution is -2.53. The molecule has 1 aromatic carbocycles. The van der Waals surface area contributed by atoms with Crippen LogP contribution in [0.1, 0.15) is 27.7 Å². The van der Waals surface area contributed by atoms with Crippen LogP contribution in [-0.4, -0.2) is 85.0 Å². The summed E-state index contributed by atoms with van der Waals surface area (Å²) < 4.78 is 32.1. The molecule has 2 amide bonds. The van der Waals surface area contributed by atoms with E-state index in [1.807, 2.05) is 0 Å². The van der Waals surface area contributed by atoms with E-state index < -0.39 is 80.1 Å². The minimum Gasteiger partial charge on any atom is -0.484 e. The minimum absolute atomic E-state index is 0.378. The van der Waals surface area contributed by atoms with E-state index in [4.69, 9.17) is 28.4 Å². The van der Waals surface area contributed by atoms with E-state index in [0.717, 1.165) is 37.1 Å². The number of esters is 4. The van der Waals surface area contributed by atoms with Crippen LogP contribution >= 0.6 is 15.9 Å². The van der Waals surface area contributed by atoms with Crippen molar-refractivity contribution in [2.45, 2.75) is 52.1 Å². The number of amides is 2. The molecule has 0 saturated carbocycles. The van der Waals surface area contributed by atoms with Gasteiger partial charge in [0.25, 0.3) is 5.91 Å². The fourth-order valence-electron chi connectivity index (χ4n) is 3.31. The lowest BCUT2D eigenvalue weighted by Gasteiger charge is -2.33. The van der Waals surface area contributed by atoms with Gasteiger partial charge in [-0.2, -0.15) is 0 Å². The summed E-state index contributed by atoms with van der Waals surface area (Å²) in [4.78, 5) is 72.7. The molecule has 0 aliphatic carbocycles. The first-order valence-corrected chi connectivity index (χ1v) is 11.7. The molecule has 1 aliphatic heterocycles. The van der Waals surface area contributed by atoms with E-state index in [2.05, 4.69) is 15.9 Å². The zero-order chi connectivity index (χ0) is 27.7.